The van der Waals surface area contributed by atoms with Gasteiger partial charge in [0.25, 0.3) is 11.1 Å². The van der Waals surface area contributed by atoms with Crippen molar-refractivity contribution in [1.29, 1.82) is 0 Å². The number of ether oxygens (including phenoxy) is 1. The van der Waals surface area contributed by atoms with Crippen molar-refractivity contribution in [1.82, 2.24) is 4.90 Å². The first-order valence-electron chi connectivity index (χ1n) is 9.70. The van der Waals surface area contributed by atoms with E-state index in [1.54, 1.807) is 13.0 Å². The van der Waals surface area contributed by atoms with Gasteiger partial charge in [-0.25, -0.2) is 0 Å². The number of nitrogens with zero attached hydrogens (tertiary/aromatic N) is 2. The molecule has 1 aromatic carbocycles. The number of allylic oxidation sites excluding steroid dienone is 1. The highest BCUT2D eigenvalue weighted by Crippen LogP contribution is 2.40. The molecule has 29 heavy (non-hydrogen) atoms. The minimum atomic E-state index is -0.590. The molecule has 0 spiro atoms. The molecule has 0 bridgehead atoms. The number of carbonyl (C=O) groups excluding carboxylic acids is 3. The molecule has 3 rings (SSSR count). The van der Waals surface area contributed by atoms with Crippen LogP contribution in [-0.2, 0) is 14.3 Å². The van der Waals surface area contributed by atoms with Crippen molar-refractivity contribution in [3.63, 3.8) is 0 Å². The number of amides is 2. The Morgan fingerprint density at radius 1 is 1.24 bits per heavy atom. The normalized spacial score (nSPS) is 19.5. The molecule has 0 atom stereocenters. The smallest absolute Gasteiger partial charge is 0.326 e. The van der Waals surface area contributed by atoms with Crippen LogP contribution in [0.15, 0.2) is 29.2 Å². The van der Waals surface area contributed by atoms with Gasteiger partial charge < -0.3 is 9.64 Å². The van der Waals surface area contributed by atoms with Gasteiger partial charge in [0.05, 0.1) is 17.1 Å². The molecule has 6 nitrogen and oxygen atoms in total. The molecule has 2 amide bonds. The van der Waals surface area contributed by atoms with Gasteiger partial charge in [-0.2, -0.15) is 0 Å². The van der Waals surface area contributed by atoms with Crippen molar-refractivity contribution in [2.45, 2.75) is 40.2 Å². The van der Waals surface area contributed by atoms with Crippen molar-refractivity contribution in [3.05, 3.63) is 40.3 Å². The Morgan fingerprint density at radius 3 is 2.62 bits per heavy atom. The summed E-state index contributed by atoms with van der Waals surface area (Å²) in [6.45, 7) is 11.0. The zero-order chi connectivity index (χ0) is 21.3. The lowest BCUT2D eigenvalue weighted by Crippen LogP contribution is -2.44. The average Bonchev–Trinajstić information content (AvgIpc) is 2.89. The van der Waals surface area contributed by atoms with Gasteiger partial charge in [-0.1, -0.05) is 12.1 Å². The topological polar surface area (TPSA) is 66.9 Å². The fourth-order valence-corrected chi connectivity index (χ4v) is 4.73. The molecule has 0 unspecified atom stereocenters. The fourth-order valence-electron chi connectivity index (χ4n) is 3.89. The van der Waals surface area contributed by atoms with E-state index in [4.69, 9.17) is 4.74 Å². The summed E-state index contributed by atoms with van der Waals surface area (Å²) in [5.41, 5.74) is 4.23. The van der Waals surface area contributed by atoms with Gasteiger partial charge >= 0.3 is 5.97 Å². The Bertz CT molecular complexity index is 933. The lowest BCUT2D eigenvalue weighted by atomic mass is 9.88. The van der Waals surface area contributed by atoms with E-state index in [1.807, 2.05) is 12.1 Å². The first kappa shape index (κ1) is 21.2. The van der Waals surface area contributed by atoms with Crippen LogP contribution in [-0.4, -0.2) is 47.3 Å². The van der Waals surface area contributed by atoms with Gasteiger partial charge in [0.15, 0.2) is 0 Å². The van der Waals surface area contributed by atoms with E-state index in [9.17, 15) is 14.4 Å². The van der Waals surface area contributed by atoms with Crippen molar-refractivity contribution < 1.29 is 19.1 Å². The first-order chi connectivity index (χ1) is 13.7. The third-order valence-electron chi connectivity index (χ3n) is 5.08. The second-order valence-electron chi connectivity index (χ2n) is 7.57. The zero-order valence-corrected chi connectivity index (χ0v) is 18.3. The molecular formula is C22H26N2O4S. The zero-order valence-electron chi connectivity index (χ0n) is 17.4. The second-order valence-corrected chi connectivity index (χ2v) is 8.57. The summed E-state index contributed by atoms with van der Waals surface area (Å²) in [6.07, 6.45) is 3.95. The molecule has 2 aliphatic rings. The number of likely N-dealkylation sites (N-methyl/N-ethyl adjacent to an activating group) is 1. The molecule has 0 aliphatic carbocycles. The second kappa shape index (κ2) is 8.06. The molecule has 7 heteroatoms. The summed E-state index contributed by atoms with van der Waals surface area (Å²) in [5.74, 6) is -1.05. The third kappa shape index (κ3) is 4.10. The largest absolute Gasteiger partial charge is 0.465 e. The molecule has 0 N–H and O–H groups in total. The van der Waals surface area contributed by atoms with Crippen LogP contribution < -0.4 is 4.90 Å². The molecule has 0 aromatic heterocycles. The lowest BCUT2D eigenvalue weighted by molar-refractivity contribution is -0.145. The Hall–Kier alpha value is -2.54. The van der Waals surface area contributed by atoms with Crippen LogP contribution in [0.5, 0.6) is 0 Å². The number of fused-ring (bicyclic) bond motifs is 1. The van der Waals surface area contributed by atoms with Gasteiger partial charge in [0, 0.05) is 17.8 Å². The molecule has 0 saturated carbocycles. The maximum atomic E-state index is 12.6. The van der Waals surface area contributed by atoms with E-state index < -0.39 is 17.1 Å². The van der Waals surface area contributed by atoms with Crippen LogP contribution in [0.3, 0.4) is 0 Å². The van der Waals surface area contributed by atoms with E-state index in [0.29, 0.717) is 4.91 Å². The summed E-state index contributed by atoms with van der Waals surface area (Å²) >= 11 is 0.845. The Kier molecular flexibility index (Phi) is 5.89. The number of carbonyl (C=O) groups is 3. The number of thioether (sulfide) groups is 1. The SMILES string of the molecule is CCOC(=O)CN1C(=O)S/C(=C/c2ccc3c(c2)C(C)=CC(C)(C)N3CC)C1=O. The number of esters is 1. The number of anilines is 1. The van der Waals surface area contributed by atoms with E-state index in [1.165, 1.54) is 5.57 Å². The Labute approximate surface area is 175 Å². The lowest BCUT2D eigenvalue weighted by Gasteiger charge is -2.42. The molecule has 2 heterocycles. The predicted octanol–water partition coefficient (Wildman–Crippen LogP) is 4.31. The summed E-state index contributed by atoms with van der Waals surface area (Å²) < 4.78 is 4.84. The van der Waals surface area contributed by atoms with E-state index in [0.717, 1.165) is 40.0 Å². The van der Waals surface area contributed by atoms with Crippen molar-refractivity contribution in [2.75, 3.05) is 24.6 Å². The van der Waals surface area contributed by atoms with Crippen molar-refractivity contribution >= 4 is 46.2 Å². The monoisotopic (exact) mass is 414 g/mol. The third-order valence-corrected chi connectivity index (χ3v) is 5.99. The standard InChI is InChI=1S/C22H26N2O4S/c1-6-24-17-9-8-15(10-16(17)14(3)12-22(24,4)5)11-18-20(26)23(21(27)29-18)13-19(25)28-7-2/h8-12H,6-7,13H2,1-5H3/b18-11+. The number of benzene rings is 1. The minimum Gasteiger partial charge on any atom is -0.465 e. The van der Waals surface area contributed by atoms with Gasteiger partial charge in [0.2, 0.25) is 0 Å². The highest BCUT2D eigenvalue weighted by atomic mass is 32.2. The molecule has 0 radical (unpaired) electrons. The highest BCUT2D eigenvalue weighted by Gasteiger charge is 2.37. The first-order valence-corrected chi connectivity index (χ1v) is 10.5. The highest BCUT2D eigenvalue weighted by molar-refractivity contribution is 8.18. The minimum absolute atomic E-state index is 0.0664. The van der Waals surface area contributed by atoms with Crippen LogP contribution in [0.4, 0.5) is 10.5 Å². The molecule has 154 valence electrons. The average molecular weight is 415 g/mol. The Morgan fingerprint density at radius 2 is 1.97 bits per heavy atom. The van der Waals surface area contributed by atoms with Crippen LogP contribution in [0.25, 0.3) is 11.6 Å². The predicted molar refractivity (Wildman–Crippen MR) is 117 cm³/mol. The van der Waals surface area contributed by atoms with Gasteiger partial charge in [0.1, 0.15) is 6.54 Å². The van der Waals surface area contributed by atoms with Crippen LogP contribution in [0.1, 0.15) is 45.7 Å². The molecular weight excluding hydrogens is 388 g/mol. The van der Waals surface area contributed by atoms with Crippen LogP contribution >= 0.6 is 11.8 Å². The number of hydrogen-bond acceptors (Lipinski definition) is 6. The van der Waals surface area contributed by atoms with E-state index in [-0.39, 0.29) is 18.7 Å². The van der Waals surface area contributed by atoms with E-state index in [2.05, 4.69) is 44.7 Å². The fraction of sp³-hybridized carbons (Fsp3) is 0.409. The number of hydrogen-bond donors (Lipinski definition) is 0. The van der Waals surface area contributed by atoms with Crippen molar-refractivity contribution in [2.24, 2.45) is 0 Å². The maximum Gasteiger partial charge on any atom is 0.326 e. The van der Waals surface area contributed by atoms with Crippen molar-refractivity contribution in [3.8, 4) is 0 Å². The quantitative estimate of drug-likeness (QED) is 0.528. The maximum absolute atomic E-state index is 12.6. The summed E-state index contributed by atoms with van der Waals surface area (Å²) in [5, 5.41) is -0.456. The summed E-state index contributed by atoms with van der Waals surface area (Å²) in [7, 11) is 0. The molecule has 1 saturated heterocycles. The summed E-state index contributed by atoms with van der Waals surface area (Å²) in [4.78, 5) is 40.0. The molecule has 1 fully saturated rings. The van der Waals surface area contributed by atoms with E-state index >= 15 is 0 Å². The van der Waals surface area contributed by atoms with Gasteiger partial charge in [-0.05, 0) is 75.7 Å². The van der Waals surface area contributed by atoms with Gasteiger partial charge in [-0.15, -0.1) is 0 Å². The van der Waals surface area contributed by atoms with Crippen LogP contribution in [0.2, 0.25) is 0 Å². The number of imide groups is 1. The van der Waals surface area contributed by atoms with Crippen LogP contribution in [0, 0.1) is 0 Å². The molecule has 1 aromatic rings. The molecule has 2 aliphatic heterocycles. The Balaban J connectivity index is 1.89. The summed E-state index contributed by atoms with van der Waals surface area (Å²) in [6, 6.07) is 6.06. The number of rotatable bonds is 5. The van der Waals surface area contributed by atoms with Gasteiger partial charge in [-0.3, -0.25) is 19.3 Å².